The van der Waals surface area contributed by atoms with Crippen molar-refractivity contribution in [1.29, 1.82) is 0 Å². The molecule has 0 aliphatic rings. The lowest BCUT2D eigenvalue weighted by molar-refractivity contribution is -0.384. The Kier molecular flexibility index (Phi) is 4.59. The largest absolute Gasteiger partial charge is 0.495 e. The van der Waals surface area contributed by atoms with Crippen LogP contribution < -0.4 is 15.5 Å². The summed E-state index contributed by atoms with van der Waals surface area (Å²) >= 11 is 5.74. The van der Waals surface area contributed by atoms with E-state index in [0.29, 0.717) is 16.7 Å². The van der Waals surface area contributed by atoms with E-state index in [1.165, 1.54) is 25.4 Å². The van der Waals surface area contributed by atoms with Crippen molar-refractivity contribution in [3.63, 3.8) is 0 Å². The number of ether oxygens (including phenoxy) is 1. The zero-order valence-corrected chi connectivity index (χ0v) is 14.2. The molecule has 0 spiro atoms. The fourth-order valence-corrected chi connectivity index (χ4v) is 2.68. The van der Waals surface area contributed by atoms with Crippen LogP contribution in [0.3, 0.4) is 0 Å². The van der Waals surface area contributed by atoms with Crippen LogP contribution >= 0.6 is 11.6 Å². The van der Waals surface area contributed by atoms with E-state index in [9.17, 15) is 19.7 Å². The lowest BCUT2D eigenvalue weighted by atomic mass is 10.1. The van der Waals surface area contributed by atoms with E-state index < -0.39 is 16.3 Å². The van der Waals surface area contributed by atoms with Crippen LogP contribution in [0.15, 0.2) is 47.4 Å². The number of fused-ring (bicyclic) bond motifs is 1. The molecule has 0 aliphatic carbocycles. The number of halogens is 1. The Labute approximate surface area is 151 Å². The second kappa shape index (κ2) is 6.85. The van der Waals surface area contributed by atoms with Crippen LogP contribution in [0.1, 0.15) is 10.4 Å². The summed E-state index contributed by atoms with van der Waals surface area (Å²) in [5.41, 5.74) is -0.349. The normalized spacial score (nSPS) is 10.5. The van der Waals surface area contributed by atoms with Crippen molar-refractivity contribution >= 4 is 39.8 Å². The molecule has 0 unspecified atom stereocenters. The Morgan fingerprint density at radius 2 is 2.08 bits per heavy atom. The number of carbonyl (C=O) groups is 1. The third kappa shape index (κ3) is 3.09. The van der Waals surface area contributed by atoms with Crippen molar-refractivity contribution in [1.82, 2.24) is 4.98 Å². The Balaban J connectivity index is 1.99. The Morgan fingerprint density at radius 3 is 2.77 bits per heavy atom. The number of nitrogens with one attached hydrogen (secondary N) is 2. The molecule has 0 saturated carbocycles. The Bertz CT molecular complexity index is 1090. The molecule has 26 heavy (non-hydrogen) atoms. The van der Waals surface area contributed by atoms with Gasteiger partial charge >= 0.3 is 0 Å². The number of H-pyrrole nitrogens is 1. The second-order valence-corrected chi connectivity index (χ2v) is 5.70. The lowest BCUT2D eigenvalue weighted by Crippen LogP contribution is -2.22. The lowest BCUT2D eigenvalue weighted by Gasteiger charge is -2.08. The van der Waals surface area contributed by atoms with Gasteiger partial charge in [-0.2, -0.15) is 0 Å². The number of nitro benzene ring substituents is 1. The maximum atomic E-state index is 12.6. The van der Waals surface area contributed by atoms with E-state index in [1.54, 1.807) is 18.2 Å². The predicted molar refractivity (Wildman–Crippen MR) is 97.2 cm³/mol. The van der Waals surface area contributed by atoms with E-state index in [0.717, 1.165) is 6.07 Å². The van der Waals surface area contributed by atoms with Gasteiger partial charge < -0.3 is 15.0 Å². The second-order valence-electron chi connectivity index (χ2n) is 5.29. The molecule has 0 aliphatic heterocycles. The molecule has 1 aromatic heterocycles. The summed E-state index contributed by atoms with van der Waals surface area (Å²) in [7, 11) is 1.47. The minimum Gasteiger partial charge on any atom is -0.495 e. The van der Waals surface area contributed by atoms with Crippen LogP contribution in [0.5, 0.6) is 5.75 Å². The van der Waals surface area contributed by atoms with Crippen molar-refractivity contribution in [3.05, 3.63) is 73.5 Å². The molecule has 2 N–H and O–H groups in total. The summed E-state index contributed by atoms with van der Waals surface area (Å²) in [5, 5.41) is 13.6. The molecular weight excluding hydrogens is 362 g/mol. The van der Waals surface area contributed by atoms with E-state index in [4.69, 9.17) is 16.3 Å². The summed E-state index contributed by atoms with van der Waals surface area (Å²) in [4.78, 5) is 38.2. The van der Waals surface area contributed by atoms with Crippen LogP contribution in [0.25, 0.3) is 10.9 Å². The minimum absolute atomic E-state index is 0.0522. The molecular formula is C17H12ClN3O5. The van der Waals surface area contributed by atoms with Crippen LogP contribution in [-0.4, -0.2) is 22.9 Å². The first-order valence-corrected chi connectivity index (χ1v) is 7.74. The number of hydrogen-bond acceptors (Lipinski definition) is 5. The van der Waals surface area contributed by atoms with Crippen molar-refractivity contribution in [3.8, 4) is 5.75 Å². The van der Waals surface area contributed by atoms with Crippen molar-refractivity contribution in [2.24, 2.45) is 0 Å². The van der Waals surface area contributed by atoms with Gasteiger partial charge in [0.05, 0.1) is 22.9 Å². The SMILES string of the molecule is COc1cccc2c(=O)c(C(=O)Nc3ccc(Cl)c([N+](=O)[O-])c3)c[nH]c12. The first-order chi connectivity index (χ1) is 12.4. The number of aromatic nitrogens is 1. The number of carbonyl (C=O) groups excluding carboxylic acids is 1. The van der Waals surface area contributed by atoms with Crippen LogP contribution in [0.2, 0.25) is 5.02 Å². The monoisotopic (exact) mass is 373 g/mol. The van der Waals surface area contributed by atoms with Crippen molar-refractivity contribution in [2.75, 3.05) is 12.4 Å². The first-order valence-electron chi connectivity index (χ1n) is 7.36. The zero-order valence-electron chi connectivity index (χ0n) is 13.4. The van der Waals surface area contributed by atoms with E-state index >= 15 is 0 Å². The maximum absolute atomic E-state index is 12.6. The summed E-state index contributed by atoms with van der Waals surface area (Å²) in [6, 6.07) is 8.72. The minimum atomic E-state index is -0.701. The van der Waals surface area contributed by atoms with Gasteiger partial charge in [0, 0.05) is 18.0 Å². The Morgan fingerprint density at radius 1 is 1.31 bits per heavy atom. The average Bonchev–Trinajstić information content (AvgIpc) is 2.63. The van der Waals surface area contributed by atoms with Gasteiger partial charge in [0.2, 0.25) is 5.43 Å². The third-order valence-corrected chi connectivity index (χ3v) is 4.06. The molecule has 3 rings (SSSR count). The smallest absolute Gasteiger partial charge is 0.289 e. The summed E-state index contributed by atoms with van der Waals surface area (Å²) < 4.78 is 5.18. The molecule has 1 amide bonds. The molecule has 0 radical (unpaired) electrons. The number of aromatic amines is 1. The molecule has 9 heteroatoms. The zero-order chi connectivity index (χ0) is 18.8. The molecule has 3 aromatic rings. The number of amides is 1. The van der Waals surface area contributed by atoms with Gasteiger partial charge in [0.15, 0.2) is 0 Å². The van der Waals surface area contributed by atoms with Crippen LogP contribution in [-0.2, 0) is 0 Å². The van der Waals surface area contributed by atoms with Gasteiger partial charge in [0.1, 0.15) is 16.3 Å². The molecule has 132 valence electrons. The topological polar surface area (TPSA) is 114 Å². The molecule has 0 fully saturated rings. The summed E-state index contributed by atoms with van der Waals surface area (Å²) in [6.07, 6.45) is 1.27. The van der Waals surface area contributed by atoms with E-state index in [-0.39, 0.29) is 22.0 Å². The molecule has 0 saturated heterocycles. The van der Waals surface area contributed by atoms with Crippen LogP contribution in [0.4, 0.5) is 11.4 Å². The predicted octanol–water partition coefficient (Wildman–Crippen LogP) is 3.35. The number of anilines is 1. The Hall–Kier alpha value is -3.39. The third-order valence-electron chi connectivity index (χ3n) is 3.74. The van der Waals surface area contributed by atoms with Gasteiger partial charge in [-0.25, -0.2) is 0 Å². The summed E-state index contributed by atoms with van der Waals surface area (Å²) in [5.74, 6) is -0.229. The molecule has 8 nitrogen and oxygen atoms in total. The van der Waals surface area contributed by atoms with Gasteiger partial charge in [-0.15, -0.1) is 0 Å². The highest BCUT2D eigenvalue weighted by atomic mass is 35.5. The number of para-hydroxylation sites is 1. The number of hydrogen-bond donors (Lipinski definition) is 2. The maximum Gasteiger partial charge on any atom is 0.289 e. The first kappa shape index (κ1) is 17.4. The molecule has 1 heterocycles. The number of nitrogens with zero attached hydrogens (tertiary/aromatic N) is 1. The van der Waals surface area contributed by atoms with Gasteiger partial charge in [-0.3, -0.25) is 19.7 Å². The number of methoxy groups -OCH3 is 1. The van der Waals surface area contributed by atoms with Gasteiger partial charge in [-0.05, 0) is 24.3 Å². The number of nitro groups is 1. The molecule has 2 aromatic carbocycles. The van der Waals surface area contributed by atoms with Gasteiger partial charge in [-0.1, -0.05) is 17.7 Å². The number of benzene rings is 2. The quantitative estimate of drug-likeness (QED) is 0.537. The van der Waals surface area contributed by atoms with E-state index in [2.05, 4.69) is 10.3 Å². The standard InChI is InChI=1S/C17H12ClN3O5/c1-26-14-4-2-3-10-15(14)19-8-11(16(10)22)17(23)20-9-5-6-12(18)13(7-9)21(24)25/h2-8H,1H3,(H,19,22)(H,20,23). The molecule has 0 atom stereocenters. The van der Waals surface area contributed by atoms with Crippen molar-refractivity contribution in [2.45, 2.75) is 0 Å². The average molecular weight is 374 g/mol. The van der Waals surface area contributed by atoms with Crippen LogP contribution in [0, 0.1) is 10.1 Å². The van der Waals surface area contributed by atoms with E-state index in [1.807, 2.05) is 0 Å². The molecule has 0 bridgehead atoms. The van der Waals surface area contributed by atoms with Gasteiger partial charge in [0.25, 0.3) is 11.6 Å². The highest BCUT2D eigenvalue weighted by molar-refractivity contribution is 6.32. The number of pyridine rings is 1. The fourth-order valence-electron chi connectivity index (χ4n) is 2.49. The summed E-state index contributed by atoms with van der Waals surface area (Å²) in [6.45, 7) is 0. The highest BCUT2D eigenvalue weighted by Crippen LogP contribution is 2.27. The van der Waals surface area contributed by atoms with Crippen molar-refractivity contribution < 1.29 is 14.5 Å². The fraction of sp³-hybridized carbons (Fsp3) is 0.0588. The highest BCUT2D eigenvalue weighted by Gasteiger charge is 2.17. The number of rotatable bonds is 4.